The summed E-state index contributed by atoms with van der Waals surface area (Å²) >= 11 is 0. The van der Waals surface area contributed by atoms with Crippen molar-refractivity contribution in [2.45, 2.75) is 11.6 Å². The van der Waals surface area contributed by atoms with Crippen LogP contribution >= 0.6 is 0 Å². The van der Waals surface area contributed by atoms with Gasteiger partial charge in [-0.05, 0) is 24.7 Å². The number of esters is 1. The molecule has 0 N–H and O–H groups in total. The Morgan fingerprint density at radius 1 is 1.22 bits per heavy atom. The van der Waals surface area contributed by atoms with Crippen molar-refractivity contribution in [2.24, 2.45) is 0 Å². The van der Waals surface area contributed by atoms with Crippen LogP contribution in [0.3, 0.4) is 0 Å². The highest BCUT2D eigenvalue weighted by molar-refractivity contribution is 5.91. The van der Waals surface area contributed by atoms with E-state index in [1.807, 2.05) is 0 Å². The summed E-state index contributed by atoms with van der Waals surface area (Å²) in [4.78, 5) is 28.4. The molecule has 2 fully saturated rings. The number of hydrogen-bond donors (Lipinski definition) is 0. The summed E-state index contributed by atoms with van der Waals surface area (Å²) < 4.78 is 43.3. The molecule has 2 heterocycles. The molecule has 1 spiro atoms. The predicted molar refractivity (Wildman–Crippen MR) is 89.8 cm³/mol. The quantitative estimate of drug-likeness (QED) is 0.716. The van der Waals surface area contributed by atoms with Crippen molar-refractivity contribution in [1.82, 2.24) is 9.80 Å². The molecule has 2 saturated heterocycles. The first kappa shape index (κ1) is 19.7. The summed E-state index contributed by atoms with van der Waals surface area (Å²) in [7, 11) is 2.95. The zero-order chi connectivity index (χ0) is 19.6. The first-order valence-corrected chi connectivity index (χ1v) is 8.58. The highest BCUT2D eigenvalue weighted by Gasteiger charge is 2.53. The molecule has 1 aromatic carbocycles. The molecule has 0 radical (unpaired) electrons. The molecule has 0 unspecified atom stereocenters. The smallest absolute Gasteiger partial charge is 0.325 e. The first-order valence-electron chi connectivity index (χ1n) is 8.58. The van der Waals surface area contributed by atoms with E-state index in [9.17, 15) is 18.4 Å². The molecule has 0 aliphatic carbocycles. The third kappa shape index (κ3) is 3.80. The number of likely N-dealkylation sites (N-methyl/N-ethyl adjacent to an activating group) is 1. The lowest BCUT2D eigenvalue weighted by Gasteiger charge is -2.50. The fraction of sp³-hybridized carbons (Fsp3) is 0.556. The number of ether oxygens (including phenoxy) is 3. The molecule has 3 rings (SSSR count). The van der Waals surface area contributed by atoms with Crippen LogP contribution < -0.4 is 0 Å². The molecule has 7 nitrogen and oxygen atoms in total. The Kier molecular flexibility index (Phi) is 5.73. The maximum Gasteiger partial charge on any atom is 0.325 e. The summed E-state index contributed by atoms with van der Waals surface area (Å²) in [6.07, 6.45) is 0. The minimum Gasteiger partial charge on any atom is -0.468 e. The summed E-state index contributed by atoms with van der Waals surface area (Å²) in [6, 6.07) is 2.37. The number of amides is 1. The van der Waals surface area contributed by atoms with Crippen LogP contribution in [0.15, 0.2) is 18.2 Å². The van der Waals surface area contributed by atoms with Crippen molar-refractivity contribution in [2.75, 3.05) is 53.7 Å². The topological polar surface area (TPSA) is 68.3 Å². The zero-order valence-electron chi connectivity index (χ0n) is 15.2. The molecular weight excluding hydrogens is 362 g/mol. The van der Waals surface area contributed by atoms with Crippen LogP contribution in [0.2, 0.25) is 0 Å². The van der Waals surface area contributed by atoms with Crippen molar-refractivity contribution in [1.29, 1.82) is 0 Å². The van der Waals surface area contributed by atoms with Gasteiger partial charge in [0.2, 0.25) is 5.91 Å². The number of benzene rings is 1. The van der Waals surface area contributed by atoms with E-state index in [0.29, 0.717) is 13.2 Å². The number of nitrogens with zero attached hydrogens (tertiary/aromatic N) is 2. The van der Waals surface area contributed by atoms with Crippen LogP contribution in [0, 0.1) is 11.6 Å². The van der Waals surface area contributed by atoms with Crippen LogP contribution in [0.25, 0.3) is 0 Å². The summed E-state index contributed by atoms with van der Waals surface area (Å²) in [5.41, 5.74) is -0.839. The highest BCUT2D eigenvalue weighted by atomic mass is 19.1. The number of methoxy groups -OCH3 is 1. The maximum atomic E-state index is 13.7. The van der Waals surface area contributed by atoms with E-state index in [2.05, 4.69) is 0 Å². The number of carbonyl (C=O) groups excluding carboxylic acids is 2. The minimum absolute atomic E-state index is 0.101. The Balaban J connectivity index is 2.00. The van der Waals surface area contributed by atoms with Gasteiger partial charge < -0.3 is 19.1 Å². The van der Waals surface area contributed by atoms with Gasteiger partial charge in [0.05, 0.1) is 39.6 Å². The Morgan fingerprint density at radius 2 is 1.81 bits per heavy atom. The van der Waals surface area contributed by atoms with Gasteiger partial charge in [-0.25, -0.2) is 8.78 Å². The zero-order valence-corrected chi connectivity index (χ0v) is 15.2. The Hall–Kier alpha value is -2.10. The summed E-state index contributed by atoms with van der Waals surface area (Å²) in [5.74, 6) is -2.53. The fourth-order valence-corrected chi connectivity index (χ4v) is 3.53. The molecule has 2 aliphatic rings. The van der Waals surface area contributed by atoms with Gasteiger partial charge in [0.25, 0.3) is 0 Å². The standard InChI is InChI=1S/C18H22F2N2O5/c1-21-8-15(12-5-13(19)7-14(20)6-12)22(9-16(23)25-2)17(24)18(21)10-26-3-4-27-11-18/h5-7,15H,3-4,8-11H2,1-2H3/t15-/m0/s1. The fourth-order valence-electron chi connectivity index (χ4n) is 3.53. The predicted octanol–water partition coefficient (Wildman–Crippen LogP) is 0.738. The van der Waals surface area contributed by atoms with Gasteiger partial charge in [-0.1, -0.05) is 0 Å². The van der Waals surface area contributed by atoms with Crippen molar-refractivity contribution >= 4 is 11.9 Å². The normalized spacial score (nSPS) is 23.3. The lowest BCUT2D eigenvalue weighted by Crippen LogP contribution is -2.69. The average molecular weight is 384 g/mol. The number of hydrogen-bond acceptors (Lipinski definition) is 6. The summed E-state index contributed by atoms with van der Waals surface area (Å²) in [5, 5.41) is 0. The SMILES string of the molecule is COC(=O)CN1C(=O)C2(COCCOC2)N(C)C[C@H]1c1cc(F)cc(F)c1. The molecule has 1 aromatic rings. The molecular formula is C18H22F2N2O5. The van der Waals surface area contributed by atoms with Gasteiger partial charge in [-0.3, -0.25) is 14.5 Å². The molecule has 148 valence electrons. The molecule has 1 atom stereocenters. The highest BCUT2D eigenvalue weighted by Crippen LogP contribution is 2.35. The van der Waals surface area contributed by atoms with Gasteiger partial charge in [0, 0.05) is 12.6 Å². The van der Waals surface area contributed by atoms with Gasteiger partial charge in [-0.15, -0.1) is 0 Å². The Bertz CT molecular complexity index is 701. The van der Waals surface area contributed by atoms with E-state index in [0.717, 1.165) is 18.2 Å². The number of piperazine rings is 1. The lowest BCUT2D eigenvalue weighted by atomic mass is 9.89. The van der Waals surface area contributed by atoms with E-state index in [4.69, 9.17) is 14.2 Å². The van der Waals surface area contributed by atoms with Crippen molar-refractivity contribution < 1.29 is 32.6 Å². The second-order valence-corrected chi connectivity index (χ2v) is 6.75. The van der Waals surface area contributed by atoms with Crippen LogP contribution in [-0.2, 0) is 23.8 Å². The molecule has 1 amide bonds. The van der Waals surface area contributed by atoms with E-state index >= 15 is 0 Å². The van der Waals surface area contributed by atoms with Gasteiger partial charge in [-0.2, -0.15) is 0 Å². The van der Waals surface area contributed by atoms with E-state index in [1.54, 1.807) is 11.9 Å². The third-order valence-electron chi connectivity index (χ3n) is 5.06. The molecule has 0 saturated carbocycles. The second-order valence-electron chi connectivity index (χ2n) is 6.75. The van der Waals surface area contributed by atoms with Crippen LogP contribution in [-0.4, -0.2) is 80.9 Å². The monoisotopic (exact) mass is 384 g/mol. The number of rotatable bonds is 3. The molecule has 9 heteroatoms. The van der Waals surface area contributed by atoms with Gasteiger partial charge in [0.1, 0.15) is 23.7 Å². The molecule has 27 heavy (non-hydrogen) atoms. The van der Waals surface area contributed by atoms with Crippen LogP contribution in [0.5, 0.6) is 0 Å². The Labute approximate surface area is 155 Å². The Morgan fingerprint density at radius 3 is 2.37 bits per heavy atom. The van der Waals surface area contributed by atoms with Crippen molar-refractivity contribution in [3.05, 3.63) is 35.4 Å². The maximum absolute atomic E-state index is 13.7. The largest absolute Gasteiger partial charge is 0.468 e. The number of carbonyl (C=O) groups is 2. The third-order valence-corrected chi connectivity index (χ3v) is 5.06. The second kappa shape index (κ2) is 7.87. The van der Waals surface area contributed by atoms with E-state index in [1.165, 1.54) is 12.0 Å². The lowest BCUT2D eigenvalue weighted by molar-refractivity contribution is -0.168. The van der Waals surface area contributed by atoms with Gasteiger partial charge >= 0.3 is 5.97 Å². The van der Waals surface area contributed by atoms with Crippen molar-refractivity contribution in [3.8, 4) is 0 Å². The van der Waals surface area contributed by atoms with Gasteiger partial charge in [0.15, 0.2) is 0 Å². The average Bonchev–Trinajstić information content (AvgIpc) is 2.88. The molecule has 0 aromatic heterocycles. The van der Waals surface area contributed by atoms with E-state index < -0.39 is 35.1 Å². The molecule has 0 bridgehead atoms. The molecule has 2 aliphatic heterocycles. The van der Waals surface area contributed by atoms with E-state index in [-0.39, 0.29) is 31.9 Å². The van der Waals surface area contributed by atoms with Crippen LogP contribution in [0.1, 0.15) is 11.6 Å². The minimum atomic E-state index is -1.10. The number of halogens is 2. The first-order chi connectivity index (χ1) is 12.9. The van der Waals surface area contributed by atoms with Crippen molar-refractivity contribution in [3.63, 3.8) is 0 Å². The summed E-state index contributed by atoms with van der Waals surface area (Å²) in [6.45, 7) is 0.831. The van der Waals surface area contributed by atoms with Crippen LogP contribution in [0.4, 0.5) is 8.78 Å².